The standard InChI is InChI=1S/C21H16N4O4/c22-10-15(19(26)24-21(23)29)9-16-12-25(18-7-2-1-6-17(16)18)11-13-4-3-5-14(8-13)20(27)28/h1-9,12H,11H2,(H,27,28)(H3,23,24,26,29)/b15-9-. The van der Waals surface area contributed by atoms with Gasteiger partial charge in [0, 0.05) is 29.2 Å². The number of imide groups is 1. The number of primary amides is 1. The van der Waals surface area contributed by atoms with E-state index in [1.54, 1.807) is 24.4 Å². The molecule has 0 aliphatic carbocycles. The molecule has 144 valence electrons. The average molecular weight is 388 g/mol. The molecule has 4 N–H and O–H groups in total. The first-order valence-electron chi connectivity index (χ1n) is 8.51. The quantitative estimate of drug-likeness (QED) is 0.455. The molecule has 3 rings (SSSR count). The predicted molar refractivity (Wildman–Crippen MR) is 106 cm³/mol. The number of fused-ring (bicyclic) bond motifs is 1. The largest absolute Gasteiger partial charge is 0.478 e. The van der Waals surface area contributed by atoms with Crippen LogP contribution in [0.15, 0.2) is 60.3 Å². The van der Waals surface area contributed by atoms with Crippen molar-refractivity contribution in [1.29, 1.82) is 5.26 Å². The van der Waals surface area contributed by atoms with E-state index in [2.05, 4.69) is 0 Å². The molecule has 3 amide bonds. The molecule has 0 aliphatic rings. The number of nitriles is 1. The van der Waals surface area contributed by atoms with Crippen molar-refractivity contribution in [3.63, 3.8) is 0 Å². The number of urea groups is 1. The maximum Gasteiger partial charge on any atom is 0.335 e. The lowest BCUT2D eigenvalue weighted by atomic mass is 10.1. The zero-order valence-corrected chi connectivity index (χ0v) is 15.1. The van der Waals surface area contributed by atoms with Gasteiger partial charge in [-0.2, -0.15) is 5.26 Å². The Balaban J connectivity index is 2.03. The maximum absolute atomic E-state index is 12.0. The van der Waals surface area contributed by atoms with Gasteiger partial charge in [-0.15, -0.1) is 0 Å². The Kier molecular flexibility index (Phi) is 5.42. The summed E-state index contributed by atoms with van der Waals surface area (Å²) in [6.07, 6.45) is 3.14. The van der Waals surface area contributed by atoms with Crippen LogP contribution >= 0.6 is 0 Å². The van der Waals surface area contributed by atoms with Crippen molar-refractivity contribution in [3.8, 4) is 6.07 Å². The number of nitrogens with two attached hydrogens (primary N) is 1. The Morgan fingerprint density at radius 3 is 2.62 bits per heavy atom. The highest BCUT2D eigenvalue weighted by Crippen LogP contribution is 2.25. The molecule has 0 saturated heterocycles. The van der Waals surface area contributed by atoms with Crippen LogP contribution < -0.4 is 11.1 Å². The number of benzene rings is 2. The number of nitrogens with zero attached hydrogens (tertiary/aromatic N) is 2. The van der Waals surface area contributed by atoms with E-state index in [1.165, 1.54) is 12.1 Å². The van der Waals surface area contributed by atoms with Gasteiger partial charge in [-0.3, -0.25) is 10.1 Å². The highest BCUT2D eigenvalue weighted by Gasteiger charge is 2.14. The Morgan fingerprint density at radius 2 is 1.93 bits per heavy atom. The number of amides is 3. The molecule has 2 aromatic carbocycles. The summed E-state index contributed by atoms with van der Waals surface area (Å²) in [5.74, 6) is -1.89. The fourth-order valence-corrected chi connectivity index (χ4v) is 3.00. The van der Waals surface area contributed by atoms with Crippen LogP contribution in [0.1, 0.15) is 21.5 Å². The highest BCUT2D eigenvalue weighted by atomic mass is 16.4. The lowest BCUT2D eigenvalue weighted by Gasteiger charge is -2.06. The third-order valence-electron chi connectivity index (χ3n) is 4.25. The van der Waals surface area contributed by atoms with Gasteiger partial charge in [0.05, 0.1) is 5.56 Å². The van der Waals surface area contributed by atoms with Crippen molar-refractivity contribution in [2.24, 2.45) is 5.73 Å². The number of hydrogen-bond donors (Lipinski definition) is 3. The Morgan fingerprint density at radius 1 is 1.17 bits per heavy atom. The number of aromatic nitrogens is 1. The number of nitrogens with one attached hydrogen (secondary N) is 1. The normalized spacial score (nSPS) is 11.1. The number of aromatic carboxylic acids is 1. The van der Waals surface area contributed by atoms with Crippen LogP contribution in [0.2, 0.25) is 0 Å². The number of carbonyl (C=O) groups is 3. The maximum atomic E-state index is 12.0. The smallest absolute Gasteiger partial charge is 0.335 e. The predicted octanol–water partition coefficient (Wildman–Crippen LogP) is 2.49. The van der Waals surface area contributed by atoms with Gasteiger partial charge in [0.1, 0.15) is 11.6 Å². The molecule has 1 aromatic heterocycles. The molecule has 8 nitrogen and oxygen atoms in total. The van der Waals surface area contributed by atoms with Crippen molar-refractivity contribution in [2.45, 2.75) is 6.54 Å². The van der Waals surface area contributed by atoms with Gasteiger partial charge in [-0.1, -0.05) is 30.3 Å². The Hall–Kier alpha value is -4.38. The summed E-state index contributed by atoms with van der Waals surface area (Å²) in [5, 5.41) is 21.1. The lowest BCUT2D eigenvalue weighted by molar-refractivity contribution is -0.115. The molecule has 0 bridgehead atoms. The monoisotopic (exact) mass is 388 g/mol. The first-order valence-corrected chi connectivity index (χ1v) is 8.51. The van der Waals surface area contributed by atoms with Crippen molar-refractivity contribution in [1.82, 2.24) is 9.88 Å². The van der Waals surface area contributed by atoms with Crippen LogP contribution in [0.3, 0.4) is 0 Å². The van der Waals surface area contributed by atoms with E-state index in [0.29, 0.717) is 12.1 Å². The zero-order chi connectivity index (χ0) is 21.0. The molecular formula is C21H16N4O4. The van der Waals surface area contributed by atoms with Gasteiger partial charge in [0.2, 0.25) is 0 Å². The van der Waals surface area contributed by atoms with E-state index in [1.807, 2.05) is 40.2 Å². The van der Waals surface area contributed by atoms with Crippen LogP contribution in [0.4, 0.5) is 4.79 Å². The average Bonchev–Trinajstić information content (AvgIpc) is 3.03. The molecule has 0 saturated carbocycles. The molecule has 0 spiro atoms. The summed E-state index contributed by atoms with van der Waals surface area (Å²) < 4.78 is 1.89. The molecule has 0 unspecified atom stereocenters. The van der Waals surface area contributed by atoms with Crippen LogP contribution in [-0.4, -0.2) is 27.6 Å². The second kappa shape index (κ2) is 8.10. The third kappa shape index (κ3) is 4.31. The second-order valence-corrected chi connectivity index (χ2v) is 6.22. The van der Waals surface area contributed by atoms with E-state index in [4.69, 9.17) is 5.73 Å². The van der Waals surface area contributed by atoms with Crippen molar-refractivity contribution in [2.75, 3.05) is 0 Å². The van der Waals surface area contributed by atoms with E-state index < -0.39 is 17.9 Å². The van der Waals surface area contributed by atoms with Gasteiger partial charge in [-0.25, -0.2) is 9.59 Å². The molecule has 0 atom stereocenters. The summed E-state index contributed by atoms with van der Waals surface area (Å²) >= 11 is 0. The van der Waals surface area contributed by atoms with Gasteiger partial charge in [-0.05, 0) is 29.8 Å². The minimum atomic E-state index is -1.04. The number of rotatable bonds is 5. The summed E-state index contributed by atoms with van der Waals surface area (Å²) in [6.45, 7) is 0.394. The second-order valence-electron chi connectivity index (χ2n) is 6.22. The van der Waals surface area contributed by atoms with Crippen LogP contribution in [-0.2, 0) is 11.3 Å². The SMILES string of the molecule is N#C/C(=C/c1cn(Cc2cccc(C(=O)O)c2)c2ccccc12)C(=O)NC(N)=O. The number of carboxylic acid groups (broad SMARTS) is 1. The molecule has 29 heavy (non-hydrogen) atoms. The third-order valence-corrected chi connectivity index (χ3v) is 4.25. The number of carboxylic acids is 1. The van der Waals surface area contributed by atoms with Gasteiger partial charge < -0.3 is 15.4 Å². The molecule has 0 fully saturated rings. The molecule has 3 aromatic rings. The summed E-state index contributed by atoms with van der Waals surface area (Å²) in [6, 6.07) is 14.7. The van der Waals surface area contributed by atoms with Crippen molar-refractivity contribution >= 4 is 34.9 Å². The first kappa shape index (κ1) is 19.4. The lowest BCUT2D eigenvalue weighted by Crippen LogP contribution is -2.35. The van der Waals surface area contributed by atoms with Crippen molar-refractivity contribution in [3.05, 3.63) is 77.0 Å². The summed E-state index contributed by atoms with van der Waals surface area (Å²) in [4.78, 5) is 34.0. The molecule has 8 heteroatoms. The van der Waals surface area contributed by atoms with E-state index in [-0.39, 0.29) is 11.1 Å². The van der Waals surface area contributed by atoms with E-state index >= 15 is 0 Å². The number of hydrogen-bond acceptors (Lipinski definition) is 4. The topological polar surface area (TPSA) is 138 Å². The zero-order valence-electron chi connectivity index (χ0n) is 15.1. The van der Waals surface area contributed by atoms with Crippen molar-refractivity contribution < 1.29 is 19.5 Å². The molecule has 1 heterocycles. The van der Waals surface area contributed by atoms with Crippen LogP contribution in [0.5, 0.6) is 0 Å². The summed E-state index contributed by atoms with van der Waals surface area (Å²) in [7, 11) is 0. The first-order chi connectivity index (χ1) is 13.9. The van der Waals surface area contributed by atoms with E-state index in [9.17, 15) is 24.8 Å². The number of carbonyl (C=O) groups excluding carboxylic acids is 2. The Labute approximate surface area is 165 Å². The highest BCUT2D eigenvalue weighted by molar-refractivity contribution is 6.09. The minimum absolute atomic E-state index is 0.189. The van der Waals surface area contributed by atoms with Crippen LogP contribution in [0, 0.1) is 11.3 Å². The summed E-state index contributed by atoms with van der Waals surface area (Å²) in [5.41, 5.74) is 7.09. The van der Waals surface area contributed by atoms with E-state index in [0.717, 1.165) is 16.5 Å². The van der Waals surface area contributed by atoms with Crippen LogP contribution in [0.25, 0.3) is 17.0 Å². The molecule has 0 aliphatic heterocycles. The van der Waals surface area contributed by atoms with Gasteiger partial charge in [0.25, 0.3) is 5.91 Å². The Bertz CT molecular complexity index is 1200. The van der Waals surface area contributed by atoms with Gasteiger partial charge >= 0.3 is 12.0 Å². The molecule has 0 radical (unpaired) electrons. The minimum Gasteiger partial charge on any atom is -0.478 e. The number of para-hydroxylation sites is 1. The fraction of sp³-hybridized carbons (Fsp3) is 0.0476. The van der Waals surface area contributed by atoms with Gasteiger partial charge in [0.15, 0.2) is 0 Å². The molecular weight excluding hydrogens is 372 g/mol. The fourth-order valence-electron chi connectivity index (χ4n) is 3.00.